The first-order valence-electron chi connectivity index (χ1n) is 7.89. The Morgan fingerprint density at radius 3 is 2.32 bits per heavy atom. The average molecular weight is 348 g/mol. The molecule has 2 aromatic heterocycles. The van der Waals surface area contributed by atoms with Crippen molar-refractivity contribution in [1.82, 2.24) is 19.7 Å². The fraction of sp³-hybridized carbons (Fsp3) is 0.105. The highest BCUT2D eigenvalue weighted by atomic mass is 32.2. The van der Waals surface area contributed by atoms with E-state index in [4.69, 9.17) is 4.42 Å². The van der Waals surface area contributed by atoms with Gasteiger partial charge in [-0.2, -0.15) is 0 Å². The number of hydrogen-bond acceptors (Lipinski definition) is 5. The molecule has 0 atom stereocenters. The predicted molar refractivity (Wildman–Crippen MR) is 97.9 cm³/mol. The molecule has 0 unspecified atom stereocenters. The van der Waals surface area contributed by atoms with E-state index in [1.807, 2.05) is 72.3 Å². The van der Waals surface area contributed by atoms with Crippen molar-refractivity contribution in [2.75, 3.05) is 0 Å². The molecule has 2 aromatic carbocycles. The van der Waals surface area contributed by atoms with Crippen LogP contribution in [0.3, 0.4) is 0 Å². The standard InChI is InChI=1S/C19H16N4OS/c1-23-18(15-10-6-3-7-11-15)21-22-19(23)25-13-17-20-12-16(24-17)14-8-4-2-5-9-14/h2-12H,13H2,1H3. The minimum absolute atomic E-state index is 0.605. The third-order valence-electron chi connectivity index (χ3n) is 3.80. The summed E-state index contributed by atoms with van der Waals surface area (Å²) in [6.07, 6.45) is 1.76. The van der Waals surface area contributed by atoms with Crippen LogP contribution in [0.2, 0.25) is 0 Å². The van der Waals surface area contributed by atoms with Crippen molar-refractivity contribution in [3.8, 4) is 22.7 Å². The number of benzene rings is 2. The molecule has 2 heterocycles. The maximum absolute atomic E-state index is 5.83. The molecule has 0 bridgehead atoms. The molecule has 0 aliphatic rings. The number of thioether (sulfide) groups is 1. The van der Waals surface area contributed by atoms with E-state index in [2.05, 4.69) is 15.2 Å². The molecule has 0 saturated carbocycles. The monoisotopic (exact) mass is 348 g/mol. The summed E-state index contributed by atoms with van der Waals surface area (Å²) in [5, 5.41) is 9.40. The zero-order chi connectivity index (χ0) is 17.1. The van der Waals surface area contributed by atoms with Crippen LogP contribution in [0, 0.1) is 0 Å². The number of aromatic nitrogens is 4. The zero-order valence-corrected chi connectivity index (χ0v) is 14.5. The maximum Gasteiger partial charge on any atom is 0.205 e. The highest BCUT2D eigenvalue weighted by Crippen LogP contribution is 2.27. The van der Waals surface area contributed by atoms with Crippen molar-refractivity contribution < 1.29 is 4.42 Å². The molecule has 0 fully saturated rings. The van der Waals surface area contributed by atoms with Gasteiger partial charge in [0, 0.05) is 18.2 Å². The van der Waals surface area contributed by atoms with Gasteiger partial charge in [-0.1, -0.05) is 72.4 Å². The fourth-order valence-corrected chi connectivity index (χ4v) is 3.28. The summed E-state index contributed by atoms with van der Waals surface area (Å²) in [5.41, 5.74) is 2.07. The molecule has 6 heteroatoms. The fourth-order valence-electron chi connectivity index (χ4n) is 2.52. The number of oxazole rings is 1. The molecule has 0 saturated heterocycles. The van der Waals surface area contributed by atoms with Gasteiger partial charge in [0.2, 0.25) is 5.89 Å². The molecule has 25 heavy (non-hydrogen) atoms. The van der Waals surface area contributed by atoms with E-state index in [0.29, 0.717) is 11.6 Å². The Morgan fingerprint density at radius 1 is 0.920 bits per heavy atom. The molecular formula is C19H16N4OS. The molecule has 124 valence electrons. The summed E-state index contributed by atoms with van der Waals surface area (Å²) in [7, 11) is 1.97. The summed E-state index contributed by atoms with van der Waals surface area (Å²) in [4.78, 5) is 4.36. The molecule has 0 amide bonds. The summed E-state index contributed by atoms with van der Waals surface area (Å²) in [5.74, 6) is 2.90. The lowest BCUT2D eigenvalue weighted by atomic mass is 10.2. The maximum atomic E-state index is 5.83. The van der Waals surface area contributed by atoms with Gasteiger partial charge < -0.3 is 8.98 Å². The van der Waals surface area contributed by atoms with E-state index in [1.165, 1.54) is 0 Å². The SMILES string of the molecule is Cn1c(SCc2ncc(-c3ccccc3)o2)nnc1-c1ccccc1. The molecule has 4 aromatic rings. The van der Waals surface area contributed by atoms with Gasteiger partial charge in [0.05, 0.1) is 11.9 Å². The van der Waals surface area contributed by atoms with Gasteiger partial charge in [0.1, 0.15) is 0 Å². The van der Waals surface area contributed by atoms with E-state index in [1.54, 1.807) is 18.0 Å². The Balaban J connectivity index is 1.48. The molecule has 0 radical (unpaired) electrons. The molecule has 0 aliphatic heterocycles. The number of nitrogens with zero attached hydrogens (tertiary/aromatic N) is 4. The topological polar surface area (TPSA) is 56.7 Å². The molecule has 0 spiro atoms. The van der Waals surface area contributed by atoms with Crippen LogP contribution in [0.25, 0.3) is 22.7 Å². The van der Waals surface area contributed by atoms with Crippen LogP contribution in [0.1, 0.15) is 5.89 Å². The van der Waals surface area contributed by atoms with Crippen molar-refractivity contribution in [2.45, 2.75) is 10.9 Å². The summed E-state index contributed by atoms with van der Waals surface area (Å²) in [6.45, 7) is 0. The lowest BCUT2D eigenvalue weighted by Crippen LogP contribution is -1.94. The Kier molecular flexibility index (Phi) is 4.35. The molecular weight excluding hydrogens is 332 g/mol. The highest BCUT2D eigenvalue weighted by Gasteiger charge is 2.13. The number of rotatable bonds is 5. The smallest absolute Gasteiger partial charge is 0.205 e. The van der Waals surface area contributed by atoms with Gasteiger partial charge in [0.15, 0.2) is 16.7 Å². The van der Waals surface area contributed by atoms with Crippen molar-refractivity contribution in [1.29, 1.82) is 0 Å². The van der Waals surface area contributed by atoms with Crippen LogP contribution in [0.5, 0.6) is 0 Å². The van der Waals surface area contributed by atoms with Crippen LogP contribution >= 0.6 is 11.8 Å². The van der Waals surface area contributed by atoms with E-state index in [9.17, 15) is 0 Å². The quantitative estimate of drug-likeness (QED) is 0.499. The minimum Gasteiger partial charge on any atom is -0.440 e. The van der Waals surface area contributed by atoms with Gasteiger partial charge in [-0.15, -0.1) is 10.2 Å². The van der Waals surface area contributed by atoms with E-state index >= 15 is 0 Å². The molecule has 0 aliphatic carbocycles. The van der Waals surface area contributed by atoms with Crippen molar-refractivity contribution in [3.63, 3.8) is 0 Å². The Bertz CT molecular complexity index is 964. The van der Waals surface area contributed by atoms with Crippen molar-refractivity contribution in [2.24, 2.45) is 7.05 Å². The predicted octanol–water partition coefficient (Wildman–Crippen LogP) is 4.43. The van der Waals surface area contributed by atoms with Crippen LogP contribution < -0.4 is 0 Å². The Hall–Kier alpha value is -2.86. The normalized spacial score (nSPS) is 10.9. The average Bonchev–Trinajstić information content (AvgIpc) is 3.28. The Morgan fingerprint density at radius 2 is 1.60 bits per heavy atom. The van der Waals surface area contributed by atoms with E-state index in [-0.39, 0.29) is 0 Å². The first-order chi connectivity index (χ1) is 12.3. The summed E-state index contributed by atoms with van der Waals surface area (Å²) >= 11 is 1.56. The first kappa shape index (κ1) is 15.7. The number of hydrogen-bond donors (Lipinski definition) is 0. The second-order valence-electron chi connectivity index (χ2n) is 5.50. The zero-order valence-electron chi connectivity index (χ0n) is 13.7. The molecule has 4 rings (SSSR count). The van der Waals surface area contributed by atoms with Crippen molar-refractivity contribution >= 4 is 11.8 Å². The minimum atomic E-state index is 0.605. The van der Waals surface area contributed by atoms with E-state index < -0.39 is 0 Å². The summed E-state index contributed by atoms with van der Waals surface area (Å²) in [6, 6.07) is 20.0. The van der Waals surface area contributed by atoms with Gasteiger partial charge in [-0.3, -0.25) is 0 Å². The Labute approximate surface area is 149 Å². The molecule has 0 N–H and O–H groups in total. The van der Waals surface area contributed by atoms with Gasteiger partial charge in [0.25, 0.3) is 0 Å². The van der Waals surface area contributed by atoms with Gasteiger partial charge >= 0.3 is 0 Å². The van der Waals surface area contributed by atoms with Crippen LogP contribution in [0.15, 0.2) is 76.4 Å². The van der Waals surface area contributed by atoms with Crippen LogP contribution in [0.4, 0.5) is 0 Å². The molecule has 5 nitrogen and oxygen atoms in total. The third kappa shape index (κ3) is 3.34. The summed E-state index contributed by atoms with van der Waals surface area (Å²) < 4.78 is 7.82. The first-order valence-corrected chi connectivity index (χ1v) is 8.87. The second kappa shape index (κ2) is 6.94. The second-order valence-corrected chi connectivity index (χ2v) is 6.45. The third-order valence-corrected chi connectivity index (χ3v) is 4.81. The van der Waals surface area contributed by atoms with Crippen molar-refractivity contribution in [3.05, 3.63) is 72.8 Å². The largest absolute Gasteiger partial charge is 0.440 e. The highest BCUT2D eigenvalue weighted by molar-refractivity contribution is 7.98. The lowest BCUT2D eigenvalue weighted by molar-refractivity contribution is 0.529. The van der Waals surface area contributed by atoms with E-state index in [0.717, 1.165) is 27.9 Å². The van der Waals surface area contributed by atoms with Crippen LogP contribution in [-0.4, -0.2) is 19.7 Å². The van der Waals surface area contributed by atoms with Gasteiger partial charge in [-0.25, -0.2) is 4.98 Å². The van der Waals surface area contributed by atoms with Crippen LogP contribution in [-0.2, 0) is 12.8 Å². The van der Waals surface area contributed by atoms with Gasteiger partial charge in [-0.05, 0) is 0 Å². The lowest BCUT2D eigenvalue weighted by Gasteiger charge is -2.02.